The van der Waals surface area contributed by atoms with Gasteiger partial charge < -0.3 is 5.32 Å². The molecule has 0 spiro atoms. The highest BCUT2D eigenvalue weighted by atomic mass is 15.3. The van der Waals surface area contributed by atoms with E-state index in [4.69, 9.17) is 0 Å². The minimum absolute atomic E-state index is 0.401. The molecule has 1 aliphatic rings. The van der Waals surface area contributed by atoms with E-state index in [1.165, 1.54) is 31.2 Å². The van der Waals surface area contributed by atoms with E-state index in [1.54, 1.807) is 11.1 Å². The van der Waals surface area contributed by atoms with Crippen molar-refractivity contribution in [1.82, 2.24) is 15.1 Å². The maximum atomic E-state index is 4.22. The molecule has 0 amide bonds. The van der Waals surface area contributed by atoms with Crippen LogP contribution in [0.1, 0.15) is 42.5 Å². The zero-order chi connectivity index (χ0) is 13.8. The maximum absolute atomic E-state index is 4.22. The third-order valence-electron chi connectivity index (χ3n) is 4.22. The highest BCUT2D eigenvalue weighted by Gasteiger charge is 2.12. The van der Waals surface area contributed by atoms with Gasteiger partial charge in [-0.15, -0.1) is 0 Å². The summed E-state index contributed by atoms with van der Waals surface area (Å²) in [6.07, 6.45) is 9.04. The van der Waals surface area contributed by atoms with Gasteiger partial charge in [-0.05, 0) is 55.4 Å². The van der Waals surface area contributed by atoms with Gasteiger partial charge in [0.2, 0.25) is 0 Å². The fourth-order valence-corrected chi connectivity index (χ4v) is 2.97. The first kappa shape index (κ1) is 13.4. The Balaban J connectivity index is 1.57. The number of aromatic nitrogens is 2. The summed E-state index contributed by atoms with van der Waals surface area (Å²) < 4.78 is 1.96. The highest BCUT2D eigenvalue weighted by molar-refractivity contribution is 5.35. The average molecular weight is 269 g/mol. The predicted octanol–water partition coefficient (Wildman–Crippen LogP) is 3.11. The van der Waals surface area contributed by atoms with Crippen LogP contribution >= 0.6 is 0 Å². The smallest absolute Gasteiger partial charge is 0.0534 e. The number of hydrogen-bond acceptors (Lipinski definition) is 2. The fraction of sp³-hybridized carbons (Fsp3) is 0.471. The van der Waals surface area contributed by atoms with Gasteiger partial charge in [-0.2, -0.15) is 5.10 Å². The van der Waals surface area contributed by atoms with Crippen LogP contribution in [0.2, 0.25) is 0 Å². The largest absolute Gasteiger partial charge is 0.308 e. The van der Waals surface area contributed by atoms with Crippen molar-refractivity contribution in [2.24, 2.45) is 0 Å². The van der Waals surface area contributed by atoms with Crippen LogP contribution in [0.25, 0.3) is 0 Å². The number of nitrogens with zero attached hydrogens (tertiary/aromatic N) is 2. The zero-order valence-corrected chi connectivity index (χ0v) is 12.2. The second kappa shape index (κ2) is 6.23. The molecule has 1 N–H and O–H groups in total. The molecule has 0 saturated heterocycles. The van der Waals surface area contributed by atoms with E-state index in [9.17, 15) is 0 Å². The number of fused-ring (bicyclic) bond motifs is 1. The van der Waals surface area contributed by atoms with Gasteiger partial charge in [-0.1, -0.05) is 18.2 Å². The van der Waals surface area contributed by atoms with E-state index in [0.717, 1.165) is 13.1 Å². The Morgan fingerprint density at radius 1 is 1.25 bits per heavy atom. The second-order valence-corrected chi connectivity index (χ2v) is 5.68. The second-order valence-electron chi connectivity index (χ2n) is 5.68. The van der Waals surface area contributed by atoms with Gasteiger partial charge in [0.15, 0.2) is 0 Å². The van der Waals surface area contributed by atoms with Crippen molar-refractivity contribution in [3.8, 4) is 0 Å². The van der Waals surface area contributed by atoms with E-state index < -0.39 is 0 Å². The van der Waals surface area contributed by atoms with Gasteiger partial charge in [0, 0.05) is 25.0 Å². The molecule has 1 unspecified atom stereocenters. The Hall–Kier alpha value is -1.61. The molecule has 2 aromatic rings. The van der Waals surface area contributed by atoms with Gasteiger partial charge >= 0.3 is 0 Å². The van der Waals surface area contributed by atoms with Gasteiger partial charge in [0.25, 0.3) is 0 Å². The number of hydrogen-bond donors (Lipinski definition) is 1. The SMILES string of the molecule is CC(NCCn1cccn1)c1ccc2c(c1)CCCC2. The van der Waals surface area contributed by atoms with Crippen LogP contribution in [0.3, 0.4) is 0 Å². The molecule has 3 nitrogen and oxygen atoms in total. The molecule has 1 aromatic heterocycles. The molecule has 0 bridgehead atoms. The molecular formula is C17H23N3. The molecule has 0 saturated carbocycles. The Kier molecular flexibility index (Phi) is 4.16. The number of nitrogens with one attached hydrogen (secondary N) is 1. The normalized spacial score (nSPS) is 15.8. The molecule has 20 heavy (non-hydrogen) atoms. The third-order valence-corrected chi connectivity index (χ3v) is 4.22. The summed E-state index contributed by atoms with van der Waals surface area (Å²) in [6, 6.07) is 9.39. The van der Waals surface area contributed by atoms with Gasteiger partial charge in [0.05, 0.1) is 6.54 Å². The molecule has 1 aromatic carbocycles. The number of aryl methyl sites for hydroxylation is 2. The first-order chi connectivity index (χ1) is 9.83. The van der Waals surface area contributed by atoms with Gasteiger partial charge in [-0.25, -0.2) is 0 Å². The highest BCUT2D eigenvalue weighted by Crippen LogP contribution is 2.24. The van der Waals surface area contributed by atoms with Crippen LogP contribution in [-0.2, 0) is 19.4 Å². The van der Waals surface area contributed by atoms with Crippen LogP contribution in [0.15, 0.2) is 36.7 Å². The molecule has 0 radical (unpaired) electrons. The molecule has 3 heteroatoms. The molecule has 0 aliphatic heterocycles. The molecule has 1 heterocycles. The van der Waals surface area contributed by atoms with E-state index in [-0.39, 0.29) is 0 Å². The first-order valence-electron chi connectivity index (χ1n) is 7.65. The summed E-state index contributed by atoms with van der Waals surface area (Å²) in [4.78, 5) is 0. The monoisotopic (exact) mass is 269 g/mol. The van der Waals surface area contributed by atoms with Crippen LogP contribution < -0.4 is 5.32 Å². The standard InChI is InChI=1S/C17H23N3/c1-14(18-10-12-20-11-4-9-19-20)16-8-7-15-5-2-3-6-17(15)13-16/h4,7-9,11,13-14,18H,2-3,5-6,10,12H2,1H3. The molecular weight excluding hydrogens is 246 g/mol. The first-order valence-corrected chi connectivity index (χ1v) is 7.65. The minimum atomic E-state index is 0.401. The predicted molar refractivity (Wildman–Crippen MR) is 81.7 cm³/mol. The minimum Gasteiger partial charge on any atom is -0.308 e. The molecule has 1 aliphatic carbocycles. The van der Waals surface area contributed by atoms with E-state index in [1.807, 2.05) is 23.1 Å². The summed E-state index contributed by atoms with van der Waals surface area (Å²) in [5, 5.41) is 7.80. The Morgan fingerprint density at radius 3 is 2.90 bits per heavy atom. The van der Waals surface area contributed by atoms with Gasteiger partial charge in [0.1, 0.15) is 0 Å². The van der Waals surface area contributed by atoms with Crippen molar-refractivity contribution in [1.29, 1.82) is 0 Å². The topological polar surface area (TPSA) is 29.9 Å². The zero-order valence-electron chi connectivity index (χ0n) is 12.2. The lowest BCUT2D eigenvalue weighted by Crippen LogP contribution is -2.23. The van der Waals surface area contributed by atoms with E-state index in [0.29, 0.717) is 6.04 Å². The third kappa shape index (κ3) is 3.10. The van der Waals surface area contributed by atoms with Crippen molar-refractivity contribution < 1.29 is 0 Å². The van der Waals surface area contributed by atoms with Crippen molar-refractivity contribution in [2.45, 2.75) is 45.2 Å². The van der Waals surface area contributed by atoms with Crippen molar-refractivity contribution in [3.63, 3.8) is 0 Å². The Bertz CT molecular complexity index is 545. The number of benzene rings is 1. The van der Waals surface area contributed by atoms with Crippen LogP contribution in [-0.4, -0.2) is 16.3 Å². The summed E-state index contributed by atoms with van der Waals surface area (Å²) in [6.45, 7) is 4.11. The molecule has 1 atom stereocenters. The summed E-state index contributed by atoms with van der Waals surface area (Å²) in [7, 11) is 0. The summed E-state index contributed by atoms with van der Waals surface area (Å²) in [5.41, 5.74) is 4.53. The summed E-state index contributed by atoms with van der Waals surface area (Å²) in [5.74, 6) is 0. The Labute approximate surface area is 121 Å². The van der Waals surface area contributed by atoms with E-state index in [2.05, 4.69) is 35.5 Å². The lowest BCUT2D eigenvalue weighted by atomic mass is 9.89. The average Bonchev–Trinajstić information content (AvgIpc) is 3.00. The molecule has 106 valence electrons. The van der Waals surface area contributed by atoms with Crippen LogP contribution in [0.4, 0.5) is 0 Å². The van der Waals surface area contributed by atoms with Crippen molar-refractivity contribution in [3.05, 3.63) is 53.3 Å². The van der Waals surface area contributed by atoms with Crippen LogP contribution in [0, 0.1) is 0 Å². The number of rotatable bonds is 5. The van der Waals surface area contributed by atoms with E-state index >= 15 is 0 Å². The maximum Gasteiger partial charge on any atom is 0.0534 e. The molecule has 0 fully saturated rings. The lowest BCUT2D eigenvalue weighted by Gasteiger charge is -2.20. The van der Waals surface area contributed by atoms with Crippen molar-refractivity contribution >= 4 is 0 Å². The molecule has 3 rings (SSSR count). The van der Waals surface area contributed by atoms with Crippen LogP contribution in [0.5, 0.6) is 0 Å². The Morgan fingerprint density at radius 2 is 2.10 bits per heavy atom. The van der Waals surface area contributed by atoms with Crippen molar-refractivity contribution in [2.75, 3.05) is 6.54 Å². The lowest BCUT2D eigenvalue weighted by molar-refractivity contribution is 0.507. The quantitative estimate of drug-likeness (QED) is 0.904. The summed E-state index contributed by atoms with van der Waals surface area (Å²) >= 11 is 0. The fourth-order valence-electron chi connectivity index (χ4n) is 2.97. The van der Waals surface area contributed by atoms with Gasteiger partial charge in [-0.3, -0.25) is 4.68 Å².